The molecule has 0 saturated carbocycles. The molecule has 4 nitrogen and oxygen atoms in total. The van der Waals surface area contributed by atoms with Crippen LogP contribution in [0.5, 0.6) is 0 Å². The van der Waals surface area contributed by atoms with Crippen LogP contribution >= 0.6 is 0 Å². The molecular weight excluding hydrogens is 178 g/mol. The zero-order chi connectivity index (χ0) is 11.0. The number of hydrogen-bond donors (Lipinski definition) is 3. The van der Waals surface area contributed by atoms with Crippen molar-refractivity contribution in [3.05, 3.63) is 0 Å². The predicted octanol–water partition coefficient (Wildman–Crippen LogP) is 0.100. The van der Waals surface area contributed by atoms with Crippen molar-refractivity contribution >= 4 is 5.91 Å². The third-order valence-corrected chi connectivity index (χ3v) is 2.08. The molecule has 0 aliphatic heterocycles. The number of carbonyl (C=O) groups excluding carboxylic acids is 1. The fourth-order valence-corrected chi connectivity index (χ4v) is 1.18. The van der Waals surface area contributed by atoms with Crippen LogP contribution in [0, 0.1) is 0 Å². The van der Waals surface area contributed by atoms with Gasteiger partial charge in [-0.15, -0.1) is 0 Å². The molecule has 0 aromatic heterocycles. The molecule has 1 amide bonds. The second-order valence-corrected chi connectivity index (χ2v) is 4.14. The van der Waals surface area contributed by atoms with E-state index in [4.69, 9.17) is 0 Å². The molecule has 0 aliphatic carbocycles. The van der Waals surface area contributed by atoms with Crippen LogP contribution in [0.1, 0.15) is 26.7 Å². The minimum absolute atomic E-state index is 0.112. The summed E-state index contributed by atoms with van der Waals surface area (Å²) in [6.45, 7) is 5.73. The van der Waals surface area contributed by atoms with Gasteiger partial charge in [-0.1, -0.05) is 0 Å². The van der Waals surface area contributed by atoms with Crippen LogP contribution in [-0.4, -0.2) is 38.6 Å². The van der Waals surface area contributed by atoms with E-state index in [0.29, 0.717) is 6.42 Å². The molecule has 0 aromatic carbocycles. The van der Waals surface area contributed by atoms with Crippen LogP contribution in [-0.2, 0) is 4.79 Å². The molecular formula is C10H23N3O. The van der Waals surface area contributed by atoms with E-state index in [0.717, 1.165) is 19.5 Å². The van der Waals surface area contributed by atoms with Gasteiger partial charge >= 0.3 is 0 Å². The van der Waals surface area contributed by atoms with Crippen molar-refractivity contribution in [2.45, 2.75) is 32.2 Å². The van der Waals surface area contributed by atoms with Crippen LogP contribution < -0.4 is 16.0 Å². The van der Waals surface area contributed by atoms with Gasteiger partial charge in [0.2, 0.25) is 5.91 Å². The third kappa shape index (κ3) is 6.86. The molecule has 0 aromatic rings. The SMILES string of the molecule is CNCCC(=O)NC(C)(C)CCNC. The first-order valence-corrected chi connectivity index (χ1v) is 5.12. The predicted molar refractivity (Wildman–Crippen MR) is 59.3 cm³/mol. The molecule has 0 spiro atoms. The molecule has 14 heavy (non-hydrogen) atoms. The van der Waals surface area contributed by atoms with Crippen LogP contribution in [0.25, 0.3) is 0 Å². The van der Waals surface area contributed by atoms with E-state index in [-0.39, 0.29) is 11.4 Å². The van der Waals surface area contributed by atoms with E-state index in [2.05, 4.69) is 16.0 Å². The van der Waals surface area contributed by atoms with Gasteiger partial charge in [0, 0.05) is 18.5 Å². The minimum Gasteiger partial charge on any atom is -0.351 e. The second-order valence-electron chi connectivity index (χ2n) is 4.14. The van der Waals surface area contributed by atoms with Crippen LogP contribution in [0.4, 0.5) is 0 Å². The molecule has 0 aliphatic rings. The zero-order valence-electron chi connectivity index (χ0n) is 9.74. The Morgan fingerprint density at radius 3 is 2.21 bits per heavy atom. The quantitative estimate of drug-likeness (QED) is 0.547. The van der Waals surface area contributed by atoms with Crippen LogP contribution in [0.2, 0.25) is 0 Å². The molecule has 0 atom stereocenters. The molecule has 0 rings (SSSR count). The molecule has 4 heteroatoms. The Morgan fingerprint density at radius 1 is 1.14 bits per heavy atom. The highest BCUT2D eigenvalue weighted by Crippen LogP contribution is 2.06. The Hall–Kier alpha value is -0.610. The fraction of sp³-hybridized carbons (Fsp3) is 0.900. The number of rotatable bonds is 7. The smallest absolute Gasteiger partial charge is 0.221 e. The largest absolute Gasteiger partial charge is 0.351 e. The summed E-state index contributed by atoms with van der Waals surface area (Å²) in [6.07, 6.45) is 1.48. The normalized spacial score (nSPS) is 11.4. The number of nitrogens with one attached hydrogen (secondary N) is 3. The average molecular weight is 201 g/mol. The van der Waals surface area contributed by atoms with Gasteiger partial charge in [-0.05, 0) is 40.9 Å². The third-order valence-electron chi connectivity index (χ3n) is 2.08. The molecule has 3 N–H and O–H groups in total. The van der Waals surface area contributed by atoms with E-state index in [1.807, 2.05) is 27.9 Å². The molecule has 0 saturated heterocycles. The van der Waals surface area contributed by atoms with Crippen molar-refractivity contribution in [1.29, 1.82) is 0 Å². The van der Waals surface area contributed by atoms with Crippen molar-refractivity contribution in [1.82, 2.24) is 16.0 Å². The summed E-state index contributed by atoms with van der Waals surface area (Å²) in [6, 6.07) is 0. The fourth-order valence-electron chi connectivity index (χ4n) is 1.18. The summed E-state index contributed by atoms with van der Waals surface area (Å²) in [5, 5.41) is 9.04. The lowest BCUT2D eigenvalue weighted by atomic mass is 10.0. The van der Waals surface area contributed by atoms with E-state index in [1.54, 1.807) is 0 Å². The average Bonchev–Trinajstić information content (AvgIpc) is 2.11. The summed E-state index contributed by atoms with van der Waals surface area (Å²) < 4.78 is 0. The maximum Gasteiger partial charge on any atom is 0.221 e. The molecule has 0 unspecified atom stereocenters. The van der Waals surface area contributed by atoms with E-state index in [9.17, 15) is 4.79 Å². The molecule has 0 bridgehead atoms. The van der Waals surface area contributed by atoms with Crippen molar-refractivity contribution in [3.8, 4) is 0 Å². The molecule has 84 valence electrons. The van der Waals surface area contributed by atoms with Crippen molar-refractivity contribution < 1.29 is 4.79 Å². The van der Waals surface area contributed by atoms with Gasteiger partial charge in [0.25, 0.3) is 0 Å². The zero-order valence-corrected chi connectivity index (χ0v) is 9.74. The van der Waals surface area contributed by atoms with Gasteiger partial charge in [0.05, 0.1) is 0 Å². The monoisotopic (exact) mass is 201 g/mol. The topological polar surface area (TPSA) is 53.2 Å². The highest BCUT2D eigenvalue weighted by atomic mass is 16.1. The van der Waals surface area contributed by atoms with Gasteiger partial charge < -0.3 is 16.0 Å². The van der Waals surface area contributed by atoms with E-state index in [1.165, 1.54) is 0 Å². The van der Waals surface area contributed by atoms with Gasteiger partial charge in [-0.25, -0.2) is 0 Å². The minimum atomic E-state index is -0.117. The molecule has 0 heterocycles. The first-order valence-electron chi connectivity index (χ1n) is 5.12. The Bertz CT molecular complexity index is 169. The van der Waals surface area contributed by atoms with Gasteiger partial charge in [0.15, 0.2) is 0 Å². The van der Waals surface area contributed by atoms with Crippen molar-refractivity contribution in [3.63, 3.8) is 0 Å². The van der Waals surface area contributed by atoms with Crippen LogP contribution in [0.15, 0.2) is 0 Å². The van der Waals surface area contributed by atoms with E-state index >= 15 is 0 Å². The summed E-state index contributed by atoms with van der Waals surface area (Å²) in [7, 11) is 3.76. The number of hydrogen-bond acceptors (Lipinski definition) is 3. The first-order chi connectivity index (χ1) is 6.52. The standard InChI is InChI=1S/C10H23N3O/c1-10(2,6-8-12-4)13-9(14)5-7-11-3/h11-12H,5-8H2,1-4H3,(H,13,14). The lowest BCUT2D eigenvalue weighted by Gasteiger charge is -2.26. The number of amides is 1. The summed E-state index contributed by atoms with van der Waals surface area (Å²) in [4.78, 5) is 11.4. The summed E-state index contributed by atoms with van der Waals surface area (Å²) >= 11 is 0. The van der Waals surface area contributed by atoms with Gasteiger partial charge in [-0.2, -0.15) is 0 Å². The maximum atomic E-state index is 11.4. The molecule has 0 radical (unpaired) electrons. The highest BCUT2D eigenvalue weighted by Gasteiger charge is 2.18. The molecule has 0 fully saturated rings. The van der Waals surface area contributed by atoms with Crippen LogP contribution in [0.3, 0.4) is 0 Å². The Kier molecular flexibility index (Phi) is 6.49. The highest BCUT2D eigenvalue weighted by molar-refractivity contribution is 5.76. The second kappa shape index (κ2) is 6.79. The summed E-state index contributed by atoms with van der Waals surface area (Å²) in [5.74, 6) is 0.112. The lowest BCUT2D eigenvalue weighted by Crippen LogP contribution is -2.45. The Morgan fingerprint density at radius 2 is 1.71 bits per heavy atom. The van der Waals surface area contributed by atoms with Crippen molar-refractivity contribution in [2.75, 3.05) is 27.2 Å². The van der Waals surface area contributed by atoms with E-state index < -0.39 is 0 Å². The first kappa shape index (κ1) is 13.4. The lowest BCUT2D eigenvalue weighted by molar-refractivity contribution is -0.122. The van der Waals surface area contributed by atoms with Gasteiger partial charge in [-0.3, -0.25) is 4.79 Å². The Balaban J connectivity index is 3.76. The maximum absolute atomic E-state index is 11.4. The Labute approximate surface area is 86.8 Å². The summed E-state index contributed by atoms with van der Waals surface area (Å²) in [5.41, 5.74) is -0.117. The van der Waals surface area contributed by atoms with Gasteiger partial charge in [0.1, 0.15) is 0 Å². The number of carbonyl (C=O) groups is 1. The van der Waals surface area contributed by atoms with Crippen molar-refractivity contribution in [2.24, 2.45) is 0 Å².